The van der Waals surface area contributed by atoms with Gasteiger partial charge in [-0.05, 0) is 36.8 Å². The molecule has 0 radical (unpaired) electrons. The first-order chi connectivity index (χ1) is 9.69. The average Bonchev–Trinajstić information content (AvgIpc) is 2.53. The highest BCUT2D eigenvalue weighted by atomic mass is 32.2. The lowest BCUT2D eigenvalue weighted by molar-refractivity contribution is 0.0742. The third-order valence-corrected chi connectivity index (χ3v) is 5.28. The molecule has 1 aliphatic heterocycles. The number of amides is 1. The second kappa shape index (κ2) is 7.11. The first-order valence-corrected chi connectivity index (χ1v) is 8.12. The highest BCUT2D eigenvalue weighted by molar-refractivity contribution is 8.00. The first kappa shape index (κ1) is 15.4. The molecule has 2 rings (SSSR count). The van der Waals surface area contributed by atoms with Gasteiger partial charge in [-0.2, -0.15) is 11.8 Å². The van der Waals surface area contributed by atoms with Crippen LogP contribution in [0.1, 0.15) is 28.8 Å². The van der Waals surface area contributed by atoms with Crippen molar-refractivity contribution in [1.82, 2.24) is 5.32 Å². The molecule has 1 aromatic rings. The summed E-state index contributed by atoms with van der Waals surface area (Å²) in [6, 6.07) is 7.45. The summed E-state index contributed by atoms with van der Waals surface area (Å²) in [7, 11) is 0. The molecule has 20 heavy (non-hydrogen) atoms. The van der Waals surface area contributed by atoms with E-state index in [1.807, 2.05) is 36.0 Å². The van der Waals surface area contributed by atoms with E-state index in [2.05, 4.69) is 11.6 Å². The number of carbonyl (C=O) groups excluding carboxylic acids is 1. The van der Waals surface area contributed by atoms with E-state index in [9.17, 15) is 4.79 Å². The molecule has 1 heterocycles. The molecule has 110 valence electrons. The Labute approximate surface area is 124 Å². The van der Waals surface area contributed by atoms with Crippen molar-refractivity contribution in [3.8, 4) is 0 Å². The first-order valence-electron chi connectivity index (χ1n) is 6.89. The van der Waals surface area contributed by atoms with Gasteiger partial charge in [-0.25, -0.2) is 0 Å². The number of nitrogens with two attached hydrogens (primary N) is 1. The second-order valence-electron chi connectivity index (χ2n) is 5.08. The molecule has 0 aliphatic carbocycles. The van der Waals surface area contributed by atoms with Crippen molar-refractivity contribution < 1.29 is 9.53 Å². The van der Waals surface area contributed by atoms with Gasteiger partial charge >= 0.3 is 0 Å². The van der Waals surface area contributed by atoms with Crippen molar-refractivity contribution in [3.63, 3.8) is 0 Å². The summed E-state index contributed by atoms with van der Waals surface area (Å²) in [4.78, 5) is 12.2. The Morgan fingerprint density at radius 1 is 1.35 bits per heavy atom. The van der Waals surface area contributed by atoms with Crippen LogP contribution in [0.25, 0.3) is 0 Å². The van der Waals surface area contributed by atoms with Crippen LogP contribution in [-0.4, -0.2) is 36.7 Å². The van der Waals surface area contributed by atoms with Gasteiger partial charge in [0, 0.05) is 36.6 Å². The molecule has 3 N–H and O–H groups in total. The summed E-state index contributed by atoms with van der Waals surface area (Å²) in [5.74, 6) is -0.0199. The molecule has 1 amide bonds. The van der Waals surface area contributed by atoms with Crippen LogP contribution in [0.5, 0.6) is 0 Å². The van der Waals surface area contributed by atoms with Crippen molar-refractivity contribution in [2.75, 3.05) is 26.0 Å². The lowest BCUT2D eigenvalue weighted by Gasteiger charge is -2.35. The van der Waals surface area contributed by atoms with Crippen molar-refractivity contribution in [3.05, 3.63) is 35.4 Å². The van der Waals surface area contributed by atoms with Crippen molar-refractivity contribution in [2.24, 2.45) is 5.73 Å². The van der Waals surface area contributed by atoms with E-state index in [-0.39, 0.29) is 10.7 Å². The lowest BCUT2D eigenvalue weighted by Crippen LogP contribution is -2.44. The predicted molar refractivity (Wildman–Crippen MR) is 83.0 cm³/mol. The number of benzene rings is 1. The number of rotatable bonds is 5. The third-order valence-electron chi connectivity index (χ3n) is 3.86. The number of thioether (sulfide) groups is 1. The smallest absolute Gasteiger partial charge is 0.251 e. The molecule has 5 heteroatoms. The van der Waals surface area contributed by atoms with E-state index < -0.39 is 0 Å². The van der Waals surface area contributed by atoms with Crippen molar-refractivity contribution >= 4 is 17.7 Å². The summed E-state index contributed by atoms with van der Waals surface area (Å²) in [5.41, 5.74) is 7.27. The van der Waals surface area contributed by atoms with Gasteiger partial charge in [0.05, 0.1) is 0 Å². The van der Waals surface area contributed by atoms with E-state index in [0.717, 1.165) is 31.6 Å². The van der Waals surface area contributed by atoms with Gasteiger partial charge in [0.15, 0.2) is 0 Å². The molecule has 1 fully saturated rings. The standard InChI is InChI=1S/C15H22N2O2S/c1-20-15(6-8-19-9-7-15)11-17-14(18)13-4-2-12(10-16)3-5-13/h2-5H,6-11,16H2,1H3,(H,17,18). The predicted octanol–water partition coefficient (Wildman–Crippen LogP) is 1.79. The Kier molecular flexibility index (Phi) is 5.46. The normalized spacial score (nSPS) is 17.7. The highest BCUT2D eigenvalue weighted by Crippen LogP contribution is 2.33. The second-order valence-corrected chi connectivity index (χ2v) is 6.36. The van der Waals surface area contributed by atoms with E-state index in [1.165, 1.54) is 0 Å². The van der Waals surface area contributed by atoms with Crippen LogP contribution in [0, 0.1) is 0 Å². The van der Waals surface area contributed by atoms with E-state index in [4.69, 9.17) is 10.5 Å². The van der Waals surface area contributed by atoms with Crippen LogP contribution < -0.4 is 11.1 Å². The molecule has 0 spiro atoms. The van der Waals surface area contributed by atoms with Crippen molar-refractivity contribution in [2.45, 2.75) is 24.1 Å². The minimum absolute atomic E-state index is 0.0199. The molecule has 1 aliphatic rings. The highest BCUT2D eigenvalue weighted by Gasteiger charge is 2.32. The fourth-order valence-corrected chi connectivity index (χ4v) is 3.12. The van der Waals surface area contributed by atoms with Crippen LogP contribution >= 0.6 is 11.8 Å². The number of hydrogen-bond acceptors (Lipinski definition) is 4. The number of carbonyl (C=O) groups is 1. The van der Waals surface area contributed by atoms with Crippen LogP contribution in [0.15, 0.2) is 24.3 Å². The topological polar surface area (TPSA) is 64.4 Å². The molecule has 1 saturated heterocycles. The Morgan fingerprint density at radius 2 is 2.00 bits per heavy atom. The zero-order valence-corrected chi connectivity index (χ0v) is 12.7. The van der Waals surface area contributed by atoms with Gasteiger partial charge in [-0.1, -0.05) is 12.1 Å². The number of nitrogens with one attached hydrogen (secondary N) is 1. The molecular weight excluding hydrogens is 272 g/mol. The van der Waals surface area contributed by atoms with Gasteiger partial charge in [0.1, 0.15) is 0 Å². The van der Waals surface area contributed by atoms with E-state index in [1.54, 1.807) is 0 Å². The molecule has 0 unspecified atom stereocenters. The Balaban J connectivity index is 1.93. The summed E-state index contributed by atoms with van der Waals surface area (Å²) in [6.45, 7) is 2.75. The number of ether oxygens (including phenoxy) is 1. The van der Waals surface area contributed by atoms with E-state index in [0.29, 0.717) is 18.7 Å². The molecule has 0 saturated carbocycles. The largest absolute Gasteiger partial charge is 0.381 e. The van der Waals surface area contributed by atoms with Crippen LogP contribution in [-0.2, 0) is 11.3 Å². The van der Waals surface area contributed by atoms with Gasteiger partial charge in [0.2, 0.25) is 0 Å². The Bertz CT molecular complexity index is 442. The third kappa shape index (κ3) is 3.75. The number of hydrogen-bond donors (Lipinski definition) is 2. The van der Waals surface area contributed by atoms with Crippen LogP contribution in [0.3, 0.4) is 0 Å². The zero-order chi connectivity index (χ0) is 14.4. The maximum Gasteiger partial charge on any atom is 0.251 e. The lowest BCUT2D eigenvalue weighted by atomic mass is 9.99. The fourth-order valence-electron chi connectivity index (χ4n) is 2.33. The molecule has 1 aromatic carbocycles. The summed E-state index contributed by atoms with van der Waals surface area (Å²) < 4.78 is 5.52. The monoisotopic (exact) mass is 294 g/mol. The minimum Gasteiger partial charge on any atom is -0.381 e. The molecule has 0 bridgehead atoms. The Hall–Kier alpha value is -1.04. The molecular formula is C15H22N2O2S. The summed E-state index contributed by atoms with van der Waals surface area (Å²) in [5, 5.41) is 3.05. The minimum atomic E-state index is -0.0199. The Morgan fingerprint density at radius 3 is 2.55 bits per heavy atom. The van der Waals surface area contributed by atoms with E-state index >= 15 is 0 Å². The SMILES string of the molecule is CSC1(CNC(=O)c2ccc(CN)cc2)CCOCC1. The average molecular weight is 294 g/mol. The van der Waals surface area contributed by atoms with Crippen LogP contribution in [0.2, 0.25) is 0 Å². The van der Waals surface area contributed by atoms with Gasteiger partial charge in [-0.3, -0.25) is 4.79 Å². The van der Waals surface area contributed by atoms with Crippen LogP contribution in [0.4, 0.5) is 0 Å². The maximum atomic E-state index is 12.2. The zero-order valence-electron chi connectivity index (χ0n) is 11.9. The summed E-state index contributed by atoms with van der Waals surface area (Å²) >= 11 is 1.83. The maximum absolute atomic E-state index is 12.2. The quantitative estimate of drug-likeness (QED) is 0.869. The summed E-state index contributed by atoms with van der Waals surface area (Å²) in [6.07, 6.45) is 4.08. The van der Waals surface area contributed by atoms with Gasteiger partial charge < -0.3 is 15.8 Å². The van der Waals surface area contributed by atoms with Gasteiger partial charge in [-0.15, -0.1) is 0 Å². The molecule has 4 nitrogen and oxygen atoms in total. The van der Waals surface area contributed by atoms with Gasteiger partial charge in [0.25, 0.3) is 5.91 Å². The fraction of sp³-hybridized carbons (Fsp3) is 0.533. The molecule has 0 atom stereocenters. The molecule has 0 aromatic heterocycles. The van der Waals surface area contributed by atoms with Crippen molar-refractivity contribution in [1.29, 1.82) is 0 Å².